The highest BCUT2D eigenvalue weighted by molar-refractivity contribution is 8.01. The van der Waals surface area contributed by atoms with Crippen molar-refractivity contribution in [2.75, 3.05) is 19.6 Å². The van der Waals surface area contributed by atoms with Gasteiger partial charge in [0.2, 0.25) is 5.91 Å². The molecular formula is C20H30ClN3O2S. The third-order valence-corrected chi connectivity index (χ3v) is 6.41. The summed E-state index contributed by atoms with van der Waals surface area (Å²) >= 11 is 8.04. The van der Waals surface area contributed by atoms with Crippen molar-refractivity contribution in [2.24, 2.45) is 0 Å². The summed E-state index contributed by atoms with van der Waals surface area (Å²) in [7, 11) is 0. The number of nitrogens with one attached hydrogen (secondary N) is 1. The van der Waals surface area contributed by atoms with Gasteiger partial charge in [-0.05, 0) is 40.2 Å². The van der Waals surface area contributed by atoms with E-state index < -0.39 is 0 Å². The summed E-state index contributed by atoms with van der Waals surface area (Å²) in [5, 5.41) is 3.48. The number of benzene rings is 1. The zero-order valence-electron chi connectivity index (χ0n) is 16.8. The second-order valence-corrected chi connectivity index (χ2v) is 9.39. The Kier molecular flexibility index (Phi) is 7.46. The van der Waals surface area contributed by atoms with E-state index in [-0.39, 0.29) is 28.1 Å². The van der Waals surface area contributed by atoms with Gasteiger partial charge in [-0.2, -0.15) is 0 Å². The van der Waals surface area contributed by atoms with E-state index in [1.807, 2.05) is 63.8 Å². The number of hydrogen-bond acceptors (Lipinski definition) is 3. The minimum Gasteiger partial charge on any atom is -0.333 e. The summed E-state index contributed by atoms with van der Waals surface area (Å²) < 4.78 is 0. The van der Waals surface area contributed by atoms with E-state index in [2.05, 4.69) is 5.32 Å². The smallest absolute Gasteiger partial charge is 0.317 e. The number of thioether (sulfide) groups is 1. The zero-order valence-corrected chi connectivity index (χ0v) is 18.4. The largest absolute Gasteiger partial charge is 0.333 e. The van der Waals surface area contributed by atoms with E-state index >= 15 is 0 Å². The van der Waals surface area contributed by atoms with Gasteiger partial charge < -0.3 is 15.1 Å². The van der Waals surface area contributed by atoms with Crippen molar-refractivity contribution in [1.29, 1.82) is 0 Å². The molecule has 1 heterocycles. The third-order valence-electron chi connectivity index (χ3n) is 4.44. The van der Waals surface area contributed by atoms with Gasteiger partial charge in [0.05, 0.1) is 5.25 Å². The van der Waals surface area contributed by atoms with Gasteiger partial charge in [0, 0.05) is 35.8 Å². The monoisotopic (exact) mass is 411 g/mol. The fourth-order valence-electron chi connectivity index (χ4n) is 3.03. The van der Waals surface area contributed by atoms with Gasteiger partial charge in [0.25, 0.3) is 0 Å². The quantitative estimate of drug-likeness (QED) is 0.748. The second kappa shape index (κ2) is 9.20. The maximum Gasteiger partial charge on any atom is 0.317 e. The Morgan fingerprint density at radius 2 is 1.96 bits per heavy atom. The molecule has 7 heteroatoms. The van der Waals surface area contributed by atoms with Crippen LogP contribution in [-0.4, -0.2) is 52.2 Å². The van der Waals surface area contributed by atoms with Crippen molar-refractivity contribution in [2.45, 2.75) is 57.2 Å². The topological polar surface area (TPSA) is 52.6 Å². The van der Waals surface area contributed by atoms with Crippen molar-refractivity contribution in [3.8, 4) is 0 Å². The molecule has 1 aliphatic heterocycles. The van der Waals surface area contributed by atoms with E-state index in [1.54, 1.807) is 16.7 Å². The Labute approximate surface area is 171 Å². The molecule has 0 spiro atoms. The summed E-state index contributed by atoms with van der Waals surface area (Å²) in [6.07, 6.45) is 0.781. The van der Waals surface area contributed by atoms with Gasteiger partial charge in [0.15, 0.2) is 0 Å². The number of carbonyl (C=O) groups excluding carboxylic acids is 2. The number of rotatable bonds is 6. The first kappa shape index (κ1) is 21.9. The van der Waals surface area contributed by atoms with Crippen LogP contribution in [0.5, 0.6) is 0 Å². The molecule has 27 heavy (non-hydrogen) atoms. The number of hydrogen-bond donors (Lipinski definition) is 1. The fraction of sp³-hybridized carbons (Fsp3) is 0.600. The van der Waals surface area contributed by atoms with Crippen LogP contribution in [0.25, 0.3) is 0 Å². The lowest BCUT2D eigenvalue weighted by atomic mass is 10.1. The van der Waals surface area contributed by atoms with Crippen molar-refractivity contribution in [1.82, 2.24) is 15.1 Å². The van der Waals surface area contributed by atoms with Crippen LogP contribution < -0.4 is 5.32 Å². The Balaban J connectivity index is 2.14. The van der Waals surface area contributed by atoms with Crippen molar-refractivity contribution in [3.63, 3.8) is 0 Å². The Hall–Kier alpha value is -1.40. The number of nitrogens with zero attached hydrogens (tertiary/aromatic N) is 2. The highest BCUT2D eigenvalue weighted by atomic mass is 35.5. The van der Waals surface area contributed by atoms with Crippen LogP contribution >= 0.6 is 23.4 Å². The maximum atomic E-state index is 12.9. The van der Waals surface area contributed by atoms with Crippen molar-refractivity contribution >= 4 is 35.3 Å². The fourth-order valence-corrected chi connectivity index (χ4v) is 4.80. The molecule has 1 aromatic rings. The molecule has 0 aliphatic carbocycles. The van der Waals surface area contributed by atoms with Gasteiger partial charge >= 0.3 is 6.03 Å². The Morgan fingerprint density at radius 1 is 1.30 bits per heavy atom. The molecule has 2 rings (SSSR count). The van der Waals surface area contributed by atoms with Crippen molar-refractivity contribution in [3.05, 3.63) is 34.9 Å². The molecule has 1 aliphatic rings. The van der Waals surface area contributed by atoms with Crippen LogP contribution in [0.3, 0.4) is 0 Å². The second-order valence-electron chi connectivity index (χ2n) is 7.70. The average Bonchev–Trinajstić information content (AvgIpc) is 2.90. The van der Waals surface area contributed by atoms with Gasteiger partial charge in [-0.3, -0.25) is 4.79 Å². The van der Waals surface area contributed by atoms with Crippen LogP contribution in [-0.2, 0) is 4.79 Å². The first-order valence-corrected chi connectivity index (χ1v) is 10.8. The van der Waals surface area contributed by atoms with Crippen LogP contribution in [0.15, 0.2) is 24.3 Å². The summed E-state index contributed by atoms with van der Waals surface area (Å²) in [5.41, 5.74) is 0.660. The highest BCUT2D eigenvalue weighted by Gasteiger charge is 2.40. The molecule has 150 valence electrons. The molecule has 0 radical (unpaired) electrons. The number of amides is 3. The normalized spacial score (nSPS) is 20.1. The molecule has 5 nitrogen and oxygen atoms in total. The lowest BCUT2D eigenvalue weighted by Gasteiger charge is -2.31. The Bertz CT molecular complexity index is 677. The lowest BCUT2D eigenvalue weighted by molar-refractivity contribution is -0.130. The minimum atomic E-state index is -0.294. The van der Waals surface area contributed by atoms with Gasteiger partial charge in [-0.1, -0.05) is 36.7 Å². The molecule has 0 bridgehead atoms. The van der Waals surface area contributed by atoms with E-state index in [9.17, 15) is 9.59 Å². The number of carbonyl (C=O) groups is 2. The predicted molar refractivity (Wildman–Crippen MR) is 113 cm³/mol. The zero-order chi connectivity index (χ0) is 20.2. The number of halogens is 1. The SMILES string of the molecule is CC[C@@H]1S[C@H](c2ccccc2Cl)N(CCN(CC)C(=O)NC(C)(C)C)C1=O. The molecule has 3 amide bonds. The van der Waals surface area contributed by atoms with Crippen LogP contribution in [0, 0.1) is 0 Å². The standard InChI is InChI=1S/C20H30ClN3O2S/c1-6-16-17(25)24(18(27-16)14-10-8-9-11-15(14)21)13-12-23(7-2)19(26)22-20(3,4)5/h8-11,16,18H,6-7,12-13H2,1-5H3,(H,22,26)/t16-,18+/m0/s1. The van der Waals surface area contributed by atoms with Crippen LogP contribution in [0.2, 0.25) is 5.02 Å². The average molecular weight is 412 g/mol. The molecule has 1 aromatic carbocycles. The van der Waals surface area contributed by atoms with Gasteiger partial charge in [-0.15, -0.1) is 11.8 Å². The minimum absolute atomic E-state index is 0.0650. The van der Waals surface area contributed by atoms with Crippen molar-refractivity contribution < 1.29 is 9.59 Å². The number of likely N-dealkylation sites (N-methyl/N-ethyl adjacent to an activating group) is 1. The van der Waals surface area contributed by atoms with E-state index in [4.69, 9.17) is 11.6 Å². The first-order chi connectivity index (χ1) is 12.7. The molecular weight excluding hydrogens is 382 g/mol. The maximum absolute atomic E-state index is 12.9. The summed E-state index contributed by atoms with van der Waals surface area (Å²) in [6.45, 7) is 11.4. The van der Waals surface area contributed by atoms with Gasteiger partial charge in [0.1, 0.15) is 5.37 Å². The molecule has 1 saturated heterocycles. The van der Waals surface area contributed by atoms with E-state index in [0.29, 0.717) is 24.7 Å². The first-order valence-electron chi connectivity index (χ1n) is 9.45. The summed E-state index contributed by atoms with van der Waals surface area (Å²) in [5.74, 6) is 0.125. The van der Waals surface area contributed by atoms with E-state index in [1.165, 1.54) is 0 Å². The molecule has 2 atom stereocenters. The van der Waals surface area contributed by atoms with E-state index in [0.717, 1.165) is 12.0 Å². The molecule has 0 aromatic heterocycles. The summed E-state index contributed by atoms with van der Waals surface area (Å²) in [6, 6.07) is 7.56. The highest BCUT2D eigenvalue weighted by Crippen LogP contribution is 2.45. The predicted octanol–water partition coefficient (Wildman–Crippen LogP) is 4.52. The van der Waals surface area contributed by atoms with Crippen LogP contribution in [0.1, 0.15) is 52.0 Å². The number of urea groups is 1. The summed E-state index contributed by atoms with van der Waals surface area (Å²) in [4.78, 5) is 29.0. The molecule has 0 saturated carbocycles. The lowest BCUT2D eigenvalue weighted by Crippen LogP contribution is -2.50. The van der Waals surface area contributed by atoms with Gasteiger partial charge in [-0.25, -0.2) is 4.79 Å². The molecule has 1 N–H and O–H groups in total. The van der Waals surface area contributed by atoms with Crippen LogP contribution in [0.4, 0.5) is 4.79 Å². The molecule has 1 fully saturated rings. The third kappa shape index (κ3) is 5.55. The molecule has 0 unspecified atom stereocenters. The Morgan fingerprint density at radius 3 is 2.52 bits per heavy atom.